The normalized spacial score (nSPS) is 18.6. The second kappa shape index (κ2) is 11.2. The maximum atomic E-state index is 9.93. The van der Waals surface area contributed by atoms with Crippen LogP contribution in [0.3, 0.4) is 0 Å². The van der Waals surface area contributed by atoms with E-state index in [1.165, 1.54) is 5.69 Å². The Kier molecular flexibility index (Phi) is 7.38. The summed E-state index contributed by atoms with van der Waals surface area (Å²) in [4.78, 5) is 14.1. The minimum atomic E-state index is 0.222. The summed E-state index contributed by atoms with van der Waals surface area (Å²) in [6, 6.07) is 9.76. The van der Waals surface area contributed by atoms with E-state index in [-0.39, 0.29) is 11.8 Å². The van der Waals surface area contributed by atoms with Gasteiger partial charge in [-0.15, -0.1) is 0 Å². The van der Waals surface area contributed by atoms with E-state index in [2.05, 4.69) is 45.5 Å². The van der Waals surface area contributed by atoms with E-state index in [4.69, 9.17) is 20.6 Å². The van der Waals surface area contributed by atoms with Crippen LogP contribution in [0.25, 0.3) is 16.6 Å². The lowest BCUT2D eigenvalue weighted by atomic mass is 10.1. The Morgan fingerprint density at radius 2 is 2.02 bits per heavy atom. The van der Waals surface area contributed by atoms with Gasteiger partial charge in [-0.05, 0) is 49.4 Å². The zero-order valence-electron chi connectivity index (χ0n) is 23.1. The molecule has 6 rings (SSSR count). The summed E-state index contributed by atoms with van der Waals surface area (Å²) in [5.41, 5.74) is 14.4. The molecule has 4 aromatic rings. The van der Waals surface area contributed by atoms with Crippen LogP contribution in [0, 0.1) is 0 Å². The van der Waals surface area contributed by atoms with Gasteiger partial charge >= 0.3 is 0 Å². The SMILES string of the molecule is CCc1cc(O)ccc1N=C(N)c1cnn2cc(-c3cnccc3N3CCN(C)CC3)cc2c1[NH2+]C1CCOC1. The quantitative estimate of drug-likeness (QED) is 0.243. The fourth-order valence-corrected chi connectivity index (χ4v) is 5.61. The summed E-state index contributed by atoms with van der Waals surface area (Å²) in [6.07, 6.45) is 9.39. The number of aromatic nitrogens is 3. The first kappa shape index (κ1) is 26.2. The molecule has 0 amide bonds. The zero-order chi connectivity index (χ0) is 27.6. The molecule has 1 atom stereocenters. The molecule has 3 aromatic heterocycles. The van der Waals surface area contributed by atoms with Gasteiger partial charge in [0, 0.05) is 68.0 Å². The maximum absolute atomic E-state index is 9.93. The molecule has 2 fully saturated rings. The average molecular weight is 542 g/mol. The van der Waals surface area contributed by atoms with E-state index >= 15 is 0 Å². The number of ether oxygens (including phenoxy) is 1. The van der Waals surface area contributed by atoms with E-state index in [0.29, 0.717) is 12.4 Å². The van der Waals surface area contributed by atoms with Crippen molar-refractivity contribution in [2.45, 2.75) is 25.8 Å². The van der Waals surface area contributed by atoms with Crippen LogP contribution in [0.15, 0.2) is 60.1 Å². The number of nitrogens with two attached hydrogens (primary N) is 2. The lowest BCUT2D eigenvalue weighted by Gasteiger charge is -2.35. The van der Waals surface area contributed by atoms with Crippen LogP contribution in [0.1, 0.15) is 24.5 Å². The second-order valence-corrected chi connectivity index (χ2v) is 10.7. The highest BCUT2D eigenvalue weighted by atomic mass is 16.5. The van der Waals surface area contributed by atoms with Gasteiger partial charge in [-0.3, -0.25) is 4.98 Å². The van der Waals surface area contributed by atoms with E-state index in [0.717, 1.165) is 84.8 Å². The van der Waals surface area contributed by atoms with Gasteiger partial charge in [-0.2, -0.15) is 5.10 Å². The zero-order valence-corrected chi connectivity index (χ0v) is 23.1. The van der Waals surface area contributed by atoms with Crippen molar-refractivity contribution >= 4 is 28.4 Å². The number of rotatable bonds is 7. The van der Waals surface area contributed by atoms with Crippen molar-refractivity contribution in [2.75, 3.05) is 51.3 Å². The number of benzene rings is 1. The largest absolute Gasteiger partial charge is 0.508 e. The van der Waals surface area contributed by atoms with Crippen LogP contribution < -0.4 is 16.0 Å². The standard InChI is InChI=1S/C30H36N8O2/c1-3-20-14-23(39)4-5-26(20)35-30(31)25-17-33-38-18-21(15-28(38)29(25)34-22-7-13-40-19-22)24-16-32-8-6-27(24)37-11-9-36(2)10-12-37/h4-6,8,14-18,22,34,39H,3,7,9-13,19H2,1-2H3,(H2,31,35)/p+1. The number of aromatic hydroxyl groups is 1. The number of likely N-dealkylation sites (N-methyl/N-ethyl adjacent to an activating group) is 1. The molecular formula is C30H37N8O2+. The number of phenolic OH excluding ortho intramolecular Hbond substituents is 1. The van der Waals surface area contributed by atoms with E-state index in [1.807, 2.05) is 23.8 Å². The molecule has 208 valence electrons. The molecule has 2 aliphatic heterocycles. The molecule has 10 nitrogen and oxygen atoms in total. The van der Waals surface area contributed by atoms with Crippen molar-refractivity contribution in [1.29, 1.82) is 0 Å². The van der Waals surface area contributed by atoms with Gasteiger partial charge in [0.25, 0.3) is 0 Å². The summed E-state index contributed by atoms with van der Waals surface area (Å²) >= 11 is 0. The lowest BCUT2D eigenvalue weighted by Crippen LogP contribution is -2.85. The number of nitrogens with zero attached hydrogens (tertiary/aromatic N) is 6. The summed E-state index contributed by atoms with van der Waals surface area (Å²) < 4.78 is 7.61. The Morgan fingerprint density at radius 3 is 2.80 bits per heavy atom. The van der Waals surface area contributed by atoms with Gasteiger partial charge in [0.05, 0.1) is 30.7 Å². The fraction of sp³-hybridized carbons (Fsp3) is 0.367. The van der Waals surface area contributed by atoms with Crippen molar-refractivity contribution in [1.82, 2.24) is 19.5 Å². The smallest absolute Gasteiger partial charge is 0.168 e. The van der Waals surface area contributed by atoms with Gasteiger partial charge < -0.3 is 30.7 Å². The predicted molar refractivity (Wildman–Crippen MR) is 157 cm³/mol. The third-order valence-corrected chi connectivity index (χ3v) is 7.96. The maximum Gasteiger partial charge on any atom is 0.168 e. The number of piperazine rings is 1. The molecule has 0 saturated carbocycles. The molecule has 0 aliphatic carbocycles. The molecule has 0 bridgehead atoms. The minimum Gasteiger partial charge on any atom is -0.508 e. The molecule has 5 heterocycles. The van der Waals surface area contributed by atoms with Crippen LogP contribution in [0.5, 0.6) is 5.75 Å². The molecule has 1 aromatic carbocycles. The summed E-state index contributed by atoms with van der Waals surface area (Å²) in [7, 11) is 2.17. The number of aliphatic imine (C=N–C) groups is 1. The number of fused-ring (bicyclic) bond motifs is 1. The van der Waals surface area contributed by atoms with Gasteiger partial charge in [0.1, 0.15) is 23.1 Å². The fourth-order valence-electron chi connectivity index (χ4n) is 5.61. The van der Waals surface area contributed by atoms with Crippen LogP contribution >= 0.6 is 0 Å². The van der Waals surface area contributed by atoms with Crippen LogP contribution in [-0.2, 0) is 11.2 Å². The Labute approximate surface area is 234 Å². The monoisotopic (exact) mass is 541 g/mol. The predicted octanol–water partition coefficient (Wildman–Crippen LogP) is 2.44. The topological polar surface area (TPSA) is 121 Å². The van der Waals surface area contributed by atoms with Gasteiger partial charge in [-0.25, -0.2) is 9.51 Å². The first-order valence-corrected chi connectivity index (χ1v) is 14.0. The third-order valence-electron chi connectivity index (χ3n) is 7.96. The number of phenols is 1. The number of quaternary nitrogens is 1. The second-order valence-electron chi connectivity index (χ2n) is 10.7. The van der Waals surface area contributed by atoms with Crippen LogP contribution in [0.2, 0.25) is 0 Å². The Bertz CT molecular complexity index is 1530. The first-order chi connectivity index (χ1) is 19.5. The van der Waals surface area contributed by atoms with Crippen LogP contribution in [-0.4, -0.2) is 82.9 Å². The van der Waals surface area contributed by atoms with E-state index < -0.39 is 0 Å². The van der Waals surface area contributed by atoms with Crippen molar-refractivity contribution < 1.29 is 15.2 Å². The molecule has 5 N–H and O–H groups in total. The molecule has 2 saturated heterocycles. The van der Waals surface area contributed by atoms with Gasteiger partial charge in [-0.1, -0.05) is 6.92 Å². The first-order valence-electron chi connectivity index (χ1n) is 14.0. The molecule has 0 spiro atoms. The Hall–Kier alpha value is -3.99. The third kappa shape index (κ3) is 5.25. The van der Waals surface area contributed by atoms with Crippen molar-refractivity contribution in [3.63, 3.8) is 0 Å². The number of hydrogen-bond donors (Lipinski definition) is 3. The van der Waals surface area contributed by atoms with Gasteiger partial charge in [0.15, 0.2) is 5.69 Å². The molecular weight excluding hydrogens is 504 g/mol. The number of anilines is 1. The summed E-state index contributed by atoms with van der Waals surface area (Å²) in [6.45, 7) is 7.51. The average Bonchev–Trinajstić information content (AvgIpc) is 3.65. The van der Waals surface area contributed by atoms with Gasteiger partial charge in [0.2, 0.25) is 0 Å². The molecule has 10 heteroatoms. The Balaban J connectivity index is 1.44. The highest BCUT2D eigenvalue weighted by Crippen LogP contribution is 2.34. The lowest BCUT2D eigenvalue weighted by molar-refractivity contribution is -0.607. The number of aryl methyl sites for hydroxylation is 1. The van der Waals surface area contributed by atoms with Crippen LogP contribution in [0.4, 0.5) is 17.1 Å². The Morgan fingerprint density at radius 1 is 1.18 bits per heavy atom. The summed E-state index contributed by atoms with van der Waals surface area (Å²) in [5.74, 6) is 0.614. The highest BCUT2D eigenvalue weighted by Gasteiger charge is 2.26. The number of hydrogen-bond acceptors (Lipinski definition) is 7. The number of amidine groups is 1. The molecule has 2 aliphatic rings. The van der Waals surface area contributed by atoms with Crippen molar-refractivity contribution in [3.05, 3.63) is 66.2 Å². The minimum absolute atomic E-state index is 0.222. The van der Waals surface area contributed by atoms with Crippen molar-refractivity contribution in [3.8, 4) is 16.9 Å². The molecule has 0 radical (unpaired) electrons. The number of pyridine rings is 1. The van der Waals surface area contributed by atoms with E-state index in [1.54, 1.807) is 24.4 Å². The summed E-state index contributed by atoms with van der Waals surface area (Å²) in [5, 5.41) is 16.9. The highest BCUT2D eigenvalue weighted by molar-refractivity contribution is 6.04. The molecule has 1 unspecified atom stereocenters. The van der Waals surface area contributed by atoms with Crippen molar-refractivity contribution in [2.24, 2.45) is 10.7 Å². The van der Waals surface area contributed by atoms with E-state index in [9.17, 15) is 5.11 Å². The molecule has 40 heavy (non-hydrogen) atoms.